The summed E-state index contributed by atoms with van der Waals surface area (Å²) in [6, 6.07) is 9.79. The van der Waals surface area contributed by atoms with Gasteiger partial charge in [-0.2, -0.15) is 5.10 Å². The van der Waals surface area contributed by atoms with Gasteiger partial charge in [-0.1, -0.05) is 31.4 Å². The lowest BCUT2D eigenvalue weighted by molar-refractivity contribution is -0.122. The number of hydrogen-bond acceptors (Lipinski definition) is 3. The number of rotatable bonds is 4. The van der Waals surface area contributed by atoms with Gasteiger partial charge in [-0.3, -0.25) is 9.59 Å². The minimum Gasteiger partial charge on any atom is -0.311 e. The Balaban J connectivity index is 1.45. The highest BCUT2D eigenvalue weighted by atomic mass is 79.9. The molecule has 2 aromatic rings. The molecule has 7 heteroatoms. The van der Waals surface area contributed by atoms with Crippen LogP contribution in [0.25, 0.3) is 0 Å². The fourth-order valence-electron chi connectivity index (χ4n) is 4.04. The quantitative estimate of drug-likeness (QED) is 0.791. The number of carbonyl (C=O) groups is 2. The van der Waals surface area contributed by atoms with Crippen molar-refractivity contribution in [3.05, 3.63) is 41.0 Å². The largest absolute Gasteiger partial charge is 0.311 e. The Labute approximate surface area is 167 Å². The van der Waals surface area contributed by atoms with Gasteiger partial charge in [-0.15, -0.1) is 0 Å². The van der Waals surface area contributed by atoms with Crippen molar-refractivity contribution in [1.82, 2.24) is 9.78 Å². The van der Waals surface area contributed by atoms with Gasteiger partial charge >= 0.3 is 0 Å². The van der Waals surface area contributed by atoms with Gasteiger partial charge < -0.3 is 10.2 Å². The predicted octanol–water partition coefficient (Wildman–Crippen LogP) is 4.14. The Kier molecular flexibility index (Phi) is 5.29. The summed E-state index contributed by atoms with van der Waals surface area (Å²) in [5, 5.41) is 7.43. The van der Waals surface area contributed by atoms with Gasteiger partial charge in [-0.25, -0.2) is 4.68 Å². The number of nitrogens with one attached hydrogen (secondary N) is 1. The smallest absolute Gasteiger partial charge is 0.230 e. The first-order valence-electron chi connectivity index (χ1n) is 9.53. The van der Waals surface area contributed by atoms with E-state index < -0.39 is 0 Å². The number of benzene rings is 1. The minimum absolute atomic E-state index is 0.0251. The van der Waals surface area contributed by atoms with Crippen molar-refractivity contribution < 1.29 is 9.59 Å². The van der Waals surface area contributed by atoms with Crippen LogP contribution in [0.15, 0.2) is 41.0 Å². The van der Waals surface area contributed by atoms with Crippen LogP contribution < -0.4 is 10.2 Å². The van der Waals surface area contributed by atoms with Crippen LogP contribution >= 0.6 is 15.9 Å². The summed E-state index contributed by atoms with van der Waals surface area (Å²) in [6.45, 7) is 0.394. The van der Waals surface area contributed by atoms with E-state index in [1.807, 2.05) is 35.0 Å². The zero-order chi connectivity index (χ0) is 18.8. The Morgan fingerprint density at radius 2 is 1.93 bits per heavy atom. The highest BCUT2D eigenvalue weighted by molar-refractivity contribution is 9.10. The van der Waals surface area contributed by atoms with E-state index in [2.05, 4.69) is 26.3 Å². The van der Waals surface area contributed by atoms with Crippen LogP contribution in [-0.2, 0) is 9.59 Å². The number of para-hydroxylation sites is 1. The van der Waals surface area contributed by atoms with Gasteiger partial charge in [0.25, 0.3) is 0 Å². The molecular formula is C20H23BrN4O2. The third kappa shape index (κ3) is 3.78. The van der Waals surface area contributed by atoms with Crippen LogP contribution in [0.2, 0.25) is 0 Å². The molecule has 0 unspecified atom stereocenters. The molecule has 2 heterocycles. The number of hydrogen-bond donors (Lipinski definition) is 1. The molecule has 1 aliphatic heterocycles. The molecule has 2 amide bonds. The average molecular weight is 431 g/mol. The van der Waals surface area contributed by atoms with Crippen molar-refractivity contribution in [1.29, 1.82) is 0 Å². The Morgan fingerprint density at radius 3 is 2.70 bits per heavy atom. The minimum atomic E-state index is -0.362. The summed E-state index contributed by atoms with van der Waals surface area (Å²) in [6.07, 6.45) is 7.84. The number of aromatic nitrogens is 2. The van der Waals surface area contributed by atoms with E-state index in [-0.39, 0.29) is 24.2 Å². The summed E-state index contributed by atoms with van der Waals surface area (Å²) in [4.78, 5) is 27.0. The van der Waals surface area contributed by atoms with Crippen molar-refractivity contribution in [2.75, 3.05) is 16.8 Å². The molecule has 2 fully saturated rings. The van der Waals surface area contributed by atoms with E-state index in [1.54, 1.807) is 11.1 Å². The van der Waals surface area contributed by atoms with Crippen LogP contribution in [0.3, 0.4) is 0 Å². The van der Waals surface area contributed by atoms with Gasteiger partial charge in [0.15, 0.2) is 0 Å². The highest BCUT2D eigenvalue weighted by Gasteiger charge is 2.36. The first kappa shape index (κ1) is 18.2. The van der Waals surface area contributed by atoms with Crippen LogP contribution in [-0.4, -0.2) is 28.1 Å². The fraction of sp³-hybridized carbons (Fsp3) is 0.450. The second-order valence-electron chi connectivity index (χ2n) is 7.30. The monoisotopic (exact) mass is 430 g/mol. The molecule has 1 N–H and O–H groups in total. The van der Waals surface area contributed by atoms with E-state index >= 15 is 0 Å². The summed E-state index contributed by atoms with van der Waals surface area (Å²) in [5.74, 6) is 0.233. The maximum absolute atomic E-state index is 12.8. The van der Waals surface area contributed by atoms with Gasteiger partial charge in [0.1, 0.15) is 5.82 Å². The zero-order valence-corrected chi connectivity index (χ0v) is 16.7. The number of anilines is 2. The SMILES string of the molecule is O=C(Nc1ccnn1C1CCCCC1)[C@@H]1CC(=O)N(c2ccccc2Br)C1. The number of carbonyl (C=O) groups excluding carboxylic acids is 2. The molecule has 142 valence electrons. The summed E-state index contributed by atoms with van der Waals surface area (Å²) < 4.78 is 2.80. The third-order valence-electron chi connectivity index (χ3n) is 5.48. The average Bonchev–Trinajstić information content (AvgIpc) is 3.29. The van der Waals surface area contributed by atoms with Gasteiger partial charge in [0.05, 0.1) is 23.8 Å². The van der Waals surface area contributed by atoms with Crippen molar-refractivity contribution in [3.8, 4) is 0 Å². The first-order chi connectivity index (χ1) is 13.1. The second kappa shape index (κ2) is 7.84. The van der Waals surface area contributed by atoms with Crippen molar-refractivity contribution >= 4 is 39.2 Å². The molecule has 0 bridgehead atoms. The van der Waals surface area contributed by atoms with Crippen molar-refractivity contribution in [3.63, 3.8) is 0 Å². The van der Waals surface area contributed by atoms with Crippen LogP contribution in [0.1, 0.15) is 44.6 Å². The fourth-order valence-corrected chi connectivity index (χ4v) is 4.54. The lowest BCUT2D eigenvalue weighted by Gasteiger charge is -2.24. The van der Waals surface area contributed by atoms with E-state index in [0.29, 0.717) is 12.6 Å². The topological polar surface area (TPSA) is 67.2 Å². The van der Waals surface area contributed by atoms with Gasteiger partial charge in [0.2, 0.25) is 11.8 Å². The zero-order valence-electron chi connectivity index (χ0n) is 15.1. The second-order valence-corrected chi connectivity index (χ2v) is 8.15. The summed E-state index contributed by atoms with van der Waals surface area (Å²) >= 11 is 3.49. The molecule has 1 aromatic carbocycles. The molecule has 1 aromatic heterocycles. The van der Waals surface area contributed by atoms with Crippen LogP contribution in [0.4, 0.5) is 11.5 Å². The molecular weight excluding hydrogens is 408 g/mol. The maximum Gasteiger partial charge on any atom is 0.230 e. The Morgan fingerprint density at radius 1 is 1.15 bits per heavy atom. The van der Waals surface area contributed by atoms with Crippen molar-refractivity contribution in [2.45, 2.75) is 44.6 Å². The van der Waals surface area contributed by atoms with E-state index in [1.165, 1.54) is 19.3 Å². The van der Waals surface area contributed by atoms with E-state index in [0.717, 1.165) is 28.8 Å². The molecule has 27 heavy (non-hydrogen) atoms. The number of halogens is 1. The molecule has 4 rings (SSSR count). The molecule has 1 aliphatic carbocycles. The Bertz CT molecular complexity index is 844. The molecule has 6 nitrogen and oxygen atoms in total. The standard InChI is InChI=1S/C20H23BrN4O2/c21-16-8-4-5-9-17(16)24-13-14(12-19(24)26)20(27)23-18-10-11-22-25(18)15-6-2-1-3-7-15/h4-5,8-11,14-15H,1-3,6-7,12-13H2,(H,23,27)/t14-/m1/s1. The van der Waals surface area contributed by atoms with Gasteiger partial charge in [-0.05, 0) is 40.9 Å². The molecule has 1 atom stereocenters. The molecule has 0 spiro atoms. The third-order valence-corrected chi connectivity index (χ3v) is 6.15. The van der Waals surface area contributed by atoms with E-state index in [4.69, 9.17) is 0 Å². The molecule has 1 saturated heterocycles. The lowest BCUT2D eigenvalue weighted by Crippen LogP contribution is -2.29. The highest BCUT2D eigenvalue weighted by Crippen LogP contribution is 2.33. The van der Waals surface area contributed by atoms with Crippen LogP contribution in [0, 0.1) is 5.92 Å². The predicted molar refractivity (Wildman–Crippen MR) is 108 cm³/mol. The maximum atomic E-state index is 12.8. The number of amides is 2. The number of nitrogens with zero attached hydrogens (tertiary/aromatic N) is 3. The first-order valence-corrected chi connectivity index (χ1v) is 10.3. The van der Waals surface area contributed by atoms with Gasteiger partial charge in [0, 0.05) is 23.5 Å². The van der Waals surface area contributed by atoms with Crippen LogP contribution in [0.5, 0.6) is 0 Å². The molecule has 0 radical (unpaired) electrons. The van der Waals surface area contributed by atoms with Crippen molar-refractivity contribution in [2.24, 2.45) is 5.92 Å². The Hall–Kier alpha value is -2.15. The molecule has 2 aliphatic rings. The normalized spacial score (nSPS) is 20.9. The molecule has 1 saturated carbocycles. The summed E-state index contributed by atoms with van der Waals surface area (Å²) in [5.41, 5.74) is 0.810. The summed E-state index contributed by atoms with van der Waals surface area (Å²) in [7, 11) is 0. The van der Waals surface area contributed by atoms with E-state index in [9.17, 15) is 9.59 Å². The lowest BCUT2D eigenvalue weighted by atomic mass is 9.96.